The van der Waals surface area contributed by atoms with E-state index < -0.39 is 0 Å². The van der Waals surface area contributed by atoms with Crippen molar-refractivity contribution < 1.29 is 9.53 Å². The molecule has 1 atom stereocenters. The van der Waals surface area contributed by atoms with E-state index in [2.05, 4.69) is 5.32 Å². The Bertz CT molecular complexity index is 98.6. The number of carbonyl (C=O) groups is 1. The molecule has 1 aliphatic heterocycles. The Labute approximate surface area is 48.0 Å². The highest BCUT2D eigenvalue weighted by atomic mass is 16.6. The van der Waals surface area contributed by atoms with Crippen molar-refractivity contribution in [2.45, 2.75) is 13.0 Å². The fraction of sp³-hybridized carbons (Fsp3) is 0.800. The van der Waals surface area contributed by atoms with E-state index in [1.54, 1.807) is 0 Å². The molecule has 0 bridgehead atoms. The monoisotopic (exact) mass is 115 g/mol. The van der Waals surface area contributed by atoms with Gasteiger partial charge in [0, 0.05) is 6.54 Å². The Hall–Kier alpha value is -0.570. The smallest absolute Gasteiger partial charge is 0.251 e. The van der Waals surface area contributed by atoms with Crippen LogP contribution in [-0.4, -0.2) is 25.2 Å². The minimum Gasteiger partial charge on any atom is -0.363 e. The highest BCUT2D eigenvalue weighted by molar-refractivity contribution is 5.82. The zero-order valence-corrected chi connectivity index (χ0v) is 4.81. The van der Waals surface area contributed by atoms with Gasteiger partial charge in [-0.3, -0.25) is 4.79 Å². The van der Waals surface area contributed by atoms with Crippen LogP contribution in [0.15, 0.2) is 0 Å². The van der Waals surface area contributed by atoms with E-state index in [4.69, 9.17) is 4.74 Å². The molecule has 1 amide bonds. The molecule has 1 unspecified atom stereocenters. The highest BCUT2D eigenvalue weighted by Gasteiger charge is 2.30. The quantitative estimate of drug-likeness (QED) is 0.494. The van der Waals surface area contributed by atoms with E-state index in [1.807, 2.05) is 6.92 Å². The third kappa shape index (κ3) is 1.20. The molecule has 8 heavy (non-hydrogen) atoms. The molecule has 3 nitrogen and oxygen atoms in total. The van der Waals surface area contributed by atoms with Gasteiger partial charge in [-0.05, 0) is 6.92 Å². The van der Waals surface area contributed by atoms with Gasteiger partial charge in [-0.1, -0.05) is 0 Å². The largest absolute Gasteiger partial charge is 0.363 e. The molecule has 1 fully saturated rings. The minimum absolute atomic E-state index is 0.0208. The van der Waals surface area contributed by atoms with Gasteiger partial charge in [-0.25, -0.2) is 0 Å². The van der Waals surface area contributed by atoms with Crippen LogP contribution in [0.4, 0.5) is 0 Å². The third-order valence-corrected chi connectivity index (χ3v) is 0.977. The number of hydrogen-bond acceptors (Lipinski definition) is 2. The molecule has 1 aliphatic rings. The van der Waals surface area contributed by atoms with Crippen molar-refractivity contribution >= 4 is 5.91 Å². The molecule has 0 saturated carbocycles. The van der Waals surface area contributed by atoms with E-state index in [0.717, 1.165) is 0 Å². The Kier molecular flexibility index (Phi) is 1.48. The summed E-state index contributed by atoms with van der Waals surface area (Å²) in [6.45, 7) is 3.19. The fourth-order valence-corrected chi connectivity index (χ4v) is 0.488. The number of hydrogen-bond donors (Lipinski definition) is 1. The summed E-state index contributed by atoms with van der Waals surface area (Å²) in [6.07, 6.45) is -0.130. The molecule has 1 heterocycles. The second-order valence-electron chi connectivity index (χ2n) is 1.72. The molecule has 0 aromatic heterocycles. The van der Waals surface area contributed by atoms with Crippen LogP contribution in [-0.2, 0) is 9.53 Å². The van der Waals surface area contributed by atoms with Crippen LogP contribution in [0.25, 0.3) is 0 Å². The lowest BCUT2D eigenvalue weighted by Gasteiger charge is -1.93. The van der Waals surface area contributed by atoms with Gasteiger partial charge in [0.25, 0.3) is 5.91 Å². The van der Waals surface area contributed by atoms with Gasteiger partial charge in [0.2, 0.25) is 0 Å². The SMILES string of the molecule is CCNC(=O)C1CO1. The van der Waals surface area contributed by atoms with Gasteiger partial charge in [0.05, 0.1) is 6.61 Å². The average Bonchev–Trinajstić information content (AvgIpc) is 2.45. The van der Waals surface area contributed by atoms with Gasteiger partial charge in [-0.15, -0.1) is 0 Å². The Balaban J connectivity index is 2.13. The number of epoxide rings is 1. The van der Waals surface area contributed by atoms with E-state index >= 15 is 0 Å². The average molecular weight is 115 g/mol. The van der Waals surface area contributed by atoms with E-state index in [9.17, 15) is 4.79 Å². The molecular weight excluding hydrogens is 106 g/mol. The Morgan fingerprint density at radius 3 is 3.00 bits per heavy atom. The van der Waals surface area contributed by atoms with Crippen molar-refractivity contribution in [3.8, 4) is 0 Å². The van der Waals surface area contributed by atoms with Crippen LogP contribution in [0, 0.1) is 0 Å². The van der Waals surface area contributed by atoms with Gasteiger partial charge >= 0.3 is 0 Å². The summed E-state index contributed by atoms with van der Waals surface area (Å²) < 4.78 is 4.71. The number of nitrogens with one attached hydrogen (secondary N) is 1. The molecule has 1 saturated heterocycles. The molecule has 0 spiro atoms. The first-order chi connectivity index (χ1) is 3.84. The standard InChI is InChI=1S/C5H9NO2/c1-2-6-5(7)4-3-8-4/h4H,2-3H2,1H3,(H,6,7). The van der Waals surface area contributed by atoms with Gasteiger partial charge < -0.3 is 10.1 Å². The summed E-state index contributed by atoms with van der Waals surface area (Å²) in [5, 5.41) is 2.64. The number of amides is 1. The number of carbonyl (C=O) groups excluding carboxylic acids is 1. The zero-order valence-electron chi connectivity index (χ0n) is 4.81. The van der Waals surface area contributed by atoms with E-state index in [0.29, 0.717) is 13.2 Å². The van der Waals surface area contributed by atoms with Crippen LogP contribution in [0.2, 0.25) is 0 Å². The maximum absolute atomic E-state index is 10.6. The zero-order chi connectivity index (χ0) is 5.98. The van der Waals surface area contributed by atoms with Crippen molar-refractivity contribution in [1.29, 1.82) is 0 Å². The Morgan fingerprint density at radius 2 is 2.62 bits per heavy atom. The number of likely N-dealkylation sites (N-methyl/N-ethyl adjacent to an activating group) is 1. The molecule has 0 radical (unpaired) electrons. The van der Waals surface area contributed by atoms with Crippen molar-refractivity contribution in [2.24, 2.45) is 0 Å². The van der Waals surface area contributed by atoms with Crippen LogP contribution in [0.5, 0.6) is 0 Å². The predicted molar refractivity (Wildman–Crippen MR) is 28.4 cm³/mol. The molecular formula is C5H9NO2. The van der Waals surface area contributed by atoms with Crippen LogP contribution >= 0.6 is 0 Å². The molecule has 3 heteroatoms. The molecule has 0 aromatic rings. The van der Waals surface area contributed by atoms with Gasteiger partial charge in [-0.2, -0.15) is 0 Å². The second kappa shape index (κ2) is 2.13. The molecule has 0 aromatic carbocycles. The second-order valence-corrected chi connectivity index (χ2v) is 1.72. The molecule has 0 aliphatic carbocycles. The van der Waals surface area contributed by atoms with Crippen LogP contribution in [0.1, 0.15) is 6.92 Å². The predicted octanol–water partition coefficient (Wildman–Crippen LogP) is -0.479. The summed E-state index contributed by atoms with van der Waals surface area (Å²) in [5.41, 5.74) is 0. The van der Waals surface area contributed by atoms with Gasteiger partial charge in [0.1, 0.15) is 0 Å². The molecule has 1 rings (SSSR count). The third-order valence-electron chi connectivity index (χ3n) is 0.977. The summed E-state index contributed by atoms with van der Waals surface area (Å²) >= 11 is 0. The van der Waals surface area contributed by atoms with Crippen molar-refractivity contribution in [3.05, 3.63) is 0 Å². The van der Waals surface area contributed by atoms with Crippen molar-refractivity contribution in [3.63, 3.8) is 0 Å². The van der Waals surface area contributed by atoms with Crippen molar-refractivity contribution in [1.82, 2.24) is 5.32 Å². The summed E-state index contributed by atoms with van der Waals surface area (Å²) in [7, 11) is 0. The van der Waals surface area contributed by atoms with Crippen molar-refractivity contribution in [2.75, 3.05) is 13.2 Å². The Morgan fingerprint density at radius 1 is 2.00 bits per heavy atom. The van der Waals surface area contributed by atoms with Gasteiger partial charge in [0.15, 0.2) is 6.10 Å². The number of ether oxygens (including phenoxy) is 1. The summed E-state index contributed by atoms with van der Waals surface area (Å²) in [5.74, 6) is 0.0208. The normalized spacial score (nSPS) is 24.9. The summed E-state index contributed by atoms with van der Waals surface area (Å²) in [6, 6.07) is 0. The first kappa shape index (κ1) is 5.56. The maximum Gasteiger partial charge on any atom is 0.251 e. The van der Waals surface area contributed by atoms with E-state index in [-0.39, 0.29) is 12.0 Å². The number of rotatable bonds is 2. The summed E-state index contributed by atoms with van der Waals surface area (Å²) in [4.78, 5) is 10.6. The highest BCUT2D eigenvalue weighted by Crippen LogP contribution is 2.07. The fourth-order valence-electron chi connectivity index (χ4n) is 0.488. The molecule has 46 valence electrons. The lowest BCUT2D eigenvalue weighted by atomic mass is 10.4. The van der Waals surface area contributed by atoms with Crippen LogP contribution in [0.3, 0.4) is 0 Å². The lowest BCUT2D eigenvalue weighted by molar-refractivity contribution is -0.122. The first-order valence-electron chi connectivity index (χ1n) is 2.74. The first-order valence-corrected chi connectivity index (χ1v) is 2.74. The lowest BCUT2D eigenvalue weighted by Crippen LogP contribution is -2.27. The topological polar surface area (TPSA) is 41.6 Å². The minimum atomic E-state index is -0.130. The molecule has 1 N–H and O–H groups in total. The van der Waals surface area contributed by atoms with E-state index in [1.165, 1.54) is 0 Å². The van der Waals surface area contributed by atoms with Crippen LogP contribution < -0.4 is 5.32 Å². The maximum atomic E-state index is 10.6.